The van der Waals surface area contributed by atoms with Crippen LogP contribution < -0.4 is 10.0 Å². The zero-order valence-electron chi connectivity index (χ0n) is 15.3. The molecule has 0 bridgehead atoms. The van der Waals surface area contributed by atoms with Gasteiger partial charge in [0.15, 0.2) is 0 Å². The average Bonchev–Trinajstić information content (AvgIpc) is 2.73. The van der Waals surface area contributed by atoms with E-state index in [0.29, 0.717) is 31.9 Å². The van der Waals surface area contributed by atoms with Crippen LogP contribution in [0, 0.1) is 0 Å². The number of rotatable bonds is 5. The van der Waals surface area contributed by atoms with Crippen molar-refractivity contribution in [3.8, 4) is 0 Å². The minimum atomic E-state index is -3.93. The van der Waals surface area contributed by atoms with E-state index >= 15 is 0 Å². The molecule has 1 aliphatic rings. The normalized spacial score (nSPS) is 14.4. The Labute approximate surface area is 163 Å². The van der Waals surface area contributed by atoms with E-state index in [2.05, 4.69) is 10.0 Å². The fourth-order valence-corrected chi connectivity index (χ4v) is 3.91. The third-order valence-electron chi connectivity index (χ3n) is 4.35. The highest BCUT2D eigenvalue weighted by Gasteiger charge is 2.23. The lowest BCUT2D eigenvalue weighted by atomic mass is 10.1. The highest BCUT2D eigenvalue weighted by atomic mass is 32.2. The number of hydrogen-bond donors (Lipinski definition) is 2. The molecule has 28 heavy (non-hydrogen) atoms. The largest absolute Gasteiger partial charge is 0.378 e. The van der Waals surface area contributed by atoms with Crippen molar-refractivity contribution in [2.45, 2.75) is 4.90 Å². The molecule has 1 aliphatic heterocycles. The van der Waals surface area contributed by atoms with Crippen molar-refractivity contribution in [2.24, 2.45) is 0 Å². The van der Waals surface area contributed by atoms with Crippen LogP contribution in [0.5, 0.6) is 0 Å². The van der Waals surface area contributed by atoms with Crippen molar-refractivity contribution in [3.05, 3.63) is 59.7 Å². The van der Waals surface area contributed by atoms with Crippen LogP contribution in [0.2, 0.25) is 0 Å². The van der Waals surface area contributed by atoms with Crippen LogP contribution in [-0.2, 0) is 14.8 Å². The van der Waals surface area contributed by atoms with Gasteiger partial charge in [0.2, 0.25) is 0 Å². The van der Waals surface area contributed by atoms with Gasteiger partial charge in [-0.05, 0) is 36.4 Å². The number of hydrogen-bond acceptors (Lipinski definition) is 5. The lowest BCUT2D eigenvalue weighted by Crippen LogP contribution is -2.41. The first-order chi connectivity index (χ1) is 13.4. The molecule has 2 aromatic rings. The molecule has 148 valence electrons. The van der Waals surface area contributed by atoms with Gasteiger partial charge in [-0.25, -0.2) is 8.42 Å². The molecule has 0 spiro atoms. The Hall–Kier alpha value is -2.91. The Kier molecular flexibility index (Phi) is 5.96. The lowest BCUT2D eigenvalue weighted by molar-refractivity contribution is 0.0303. The van der Waals surface area contributed by atoms with Gasteiger partial charge in [0, 0.05) is 25.7 Å². The van der Waals surface area contributed by atoms with E-state index in [-0.39, 0.29) is 28.0 Å². The molecule has 0 aromatic heterocycles. The highest BCUT2D eigenvalue weighted by Crippen LogP contribution is 2.22. The summed E-state index contributed by atoms with van der Waals surface area (Å²) in [7, 11) is -2.43. The number of carbonyl (C=O) groups excluding carboxylic acids is 2. The smallest absolute Gasteiger partial charge is 0.261 e. The maximum absolute atomic E-state index is 12.8. The molecule has 0 unspecified atom stereocenters. The molecule has 8 nitrogen and oxygen atoms in total. The van der Waals surface area contributed by atoms with E-state index in [9.17, 15) is 18.0 Å². The third kappa shape index (κ3) is 4.32. The molecule has 0 atom stereocenters. The Bertz CT molecular complexity index is 967. The molecule has 1 heterocycles. The first-order valence-electron chi connectivity index (χ1n) is 8.73. The van der Waals surface area contributed by atoms with Crippen LogP contribution >= 0.6 is 0 Å². The number of nitrogens with zero attached hydrogens (tertiary/aromatic N) is 1. The standard InChI is InChI=1S/C19H21N3O5S/c1-20-18(23)14-6-8-15(9-7-14)28(25,26)21-17-5-3-2-4-16(17)19(24)22-10-12-27-13-11-22/h2-9,21H,10-13H2,1H3,(H,20,23). The second-order valence-electron chi connectivity index (χ2n) is 6.16. The molecule has 9 heteroatoms. The SMILES string of the molecule is CNC(=O)c1ccc(S(=O)(=O)Nc2ccccc2C(=O)N2CCOCC2)cc1. The second kappa shape index (κ2) is 8.41. The monoisotopic (exact) mass is 403 g/mol. The molecule has 0 aliphatic carbocycles. The van der Waals surface area contributed by atoms with Crippen molar-refractivity contribution >= 4 is 27.5 Å². The zero-order valence-corrected chi connectivity index (χ0v) is 16.2. The molecule has 1 fully saturated rings. The lowest BCUT2D eigenvalue weighted by Gasteiger charge is -2.27. The summed E-state index contributed by atoms with van der Waals surface area (Å²) < 4.78 is 33.2. The quantitative estimate of drug-likeness (QED) is 0.783. The van der Waals surface area contributed by atoms with E-state index in [1.807, 2.05) is 0 Å². The van der Waals surface area contributed by atoms with Crippen LogP contribution in [0.3, 0.4) is 0 Å². The predicted molar refractivity (Wildman–Crippen MR) is 104 cm³/mol. The zero-order chi connectivity index (χ0) is 20.1. The van der Waals surface area contributed by atoms with E-state index in [1.54, 1.807) is 29.2 Å². The van der Waals surface area contributed by atoms with Gasteiger partial charge in [-0.3, -0.25) is 14.3 Å². The summed E-state index contributed by atoms with van der Waals surface area (Å²) in [6, 6.07) is 12.0. The summed E-state index contributed by atoms with van der Waals surface area (Å²) >= 11 is 0. The van der Waals surface area contributed by atoms with Crippen LogP contribution in [-0.4, -0.2) is 58.5 Å². The minimum absolute atomic E-state index is 0.00576. The number of anilines is 1. The number of morpholine rings is 1. The predicted octanol–water partition coefficient (Wildman–Crippen LogP) is 1.32. The fraction of sp³-hybridized carbons (Fsp3) is 0.263. The van der Waals surface area contributed by atoms with E-state index in [4.69, 9.17) is 4.74 Å². The fourth-order valence-electron chi connectivity index (χ4n) is 2.83. The van der Waals surface area contributed by atoms with Crippen molar-refractivity contribution in [1.82, 2.24) is 10.2 Å². The van der Waals surface area contributed by atoms with Crippen molar-refractivity contribution in [1.29, 1.82) is 0 Å². The van der Waals surface area contributed by atoms with Gasteiger partial charge in [-0.1, -0.05) is 12.1 Å². The Morgan fingerprint density at radius 3 is 2.29 bits per heavy atom. The first-order valence-corrected chi connectivity index (χ1v) is 10.2. The van der Waals surface area contributed by atoms with E-state index < -0.39 is 10.0 Å². The second-order valence-corrected chi connectivity index (χ2v) is 7.84. The number of ether oxygens (including phenoxy) is 1. The minimum Gasteiger partial charge on any atom is -0.378 e. The summed E-state index contributed by atoms with van der Waals surface area (Å²) in [6.45, 7) is 1.83. The summed E-state index contributed by atoms with van der Waals surface area (Å²) in [5.41, 5.74) is 0.827. The summed E-state index contributed by atoms with van der Waals surface area (Å²) in [5.74, 6) is -0.560. The number of carbonyl (C=O) groups is 2. The van der Waals surface area contributed by atoms with Crippen LogP contribution in [0.25, 0.3) is 0 Å². The third-order valence-corrected chi connectivity index (χ3v) is 5.74. The first kappa shape index (κ1) is 19.8. The van der Waals surface area contributed by atoms with Gasteiger partial charge < -0.3 is 15.0 Å². The van der Waals surface area contributed by atoms with Gasteiger partial charge in [0.25, 0.3) is 21.8 Å². The molecule has 0 saturated carbocycles. The topological polar surface area (TPSA) is 105 Å². The van der Waals surface area contributed by atoms with Gasteiger partial charge in [-0.15, -0.1) is 0 Å². The molecule has 0 radical (unpaired) electrons. The van der Waals surface area contributed by atoms with Gasteiger partial charge in [0.1, 0.15) is 0 Å². The summed E-state index contributed by atoms with van der Waals surface area (Å²) in [6.07, 6.45) is 0. The Balaban J connectivity index is 1.84. The van der Waals surface area contributed by atoms with E-state index in [0.717, 1.165) is 0 Å². The molecular weight excluding hydrogens is 382 g/mol. The average molecular weight is 403 g/mol. The number of para-hydroxylation sites is 1. The maximum atomic E-state index is 12.8. The molecule has 2 N–H and O–H groups in total. The van der Waals surface area contributed by atoms with Crippen LogP contribution in [0.4, 0.5) is 5.69 Å². The number of amides is 2. The molecule has 3 rings (SSSR count). The summed E-state index contributed by atoms with van der Waals surface area (Å²) in [4.78, 5) is 26.0. The van der Waals surface area contributed by atoms with Gasteiger partial charge >= 0.3 is 0 Å². The highest BCUT2D eigenvalue weighted by molar-refractivity contribution is 7.92. The Morgan fingerprint density at radius 1 is 1.00 bits per heavy atom. The molecular formula is C19H21N3O5S. The molecule has 2 aromatic carbocycles. The van der Waals surface area contributed by atoms with Crippen molar-refractivity contribution < 1.29 is 22.7 Å². The van der Waals surface area contributed by atoms with Crippen molar-refractivity contribution in [2.75, 3.05) is 38.1 Å². The maximum Gasteiger partial charge on any atom is 0.261 e. The number of nitrogens with one attached hydrogen (secondary N) is 2. The van der Waals surface area contributed by atoms with Gasteiger partial charge in [0.05, 0.1) is 29.4 Å². The molecule has 2 amide bonds. The van der Waals surface area contributed by atoms with Crippen molar-refractivity contribution in [3.63, 3.8) is 0 Å². The number of benzene rings is 2. The number of sulfonamides is 1. The van der Waals surface area contributed by atoms with Crippen LogP contribution in [0.1, 0.15) is 20.7 Å². The summed E-state index contributed by atoms with van der Waals surface area (Å²) in [5, 5.41) is 2.48. The van der Waals surface area contributed by atoms with E-state index in [1.165, 1.54) is 31.3 Å². The van der Waals surface area contributed by atoms with Gasteiger partial charge in [-0.2, -0.15) is 0 Å². The molecule has 1 saturated heterocycles. The Morgan fingerprint density at radius 2 is 1.64 bits per heavy atom. The van der Waals surface area contributed by atoms with Crippen LogP contribution in [0.15, 0.2) is 53.4 Å².